The summed E-state index contributed by atoms with van der Waals surface area (Å²) < 4.78 is 7.22. The number of carbonyl (C=O) groups is 1. The minimum absolute atomic E-state index is 0.332. The molecule has 0 amide bonds. The van der Waals surface area contributed by atoms with Crippen molar-refractivity contribution in [1.82, 2.24) is 14.5 Å². The minimum atomic E-state index is -0.347. The summed E-state index contributed by atoms with van der Waals surface area (Å²) in [6.07, 6.45) is 1.77. The van der Waals surface area contributed by atoms with E-state index in [2.05, 4.69) is 4.98 Å². The van der Waals surface area contributed by atoms with E-state index in [1.165, 1.54) is 0 Å². The summed E-state index contributed by atoms with van der Waals surface area (Å²) in [5, 5.41) is 0.921. The first kappa shape index (κ1) is 15.3. The minimum Gasteiger partial charge on any atom is -0.462 e. The fraction of sp³-hybridized carbons (Fsp3) is 0.150. The zero-order valence-corrected chi connectivity index (χ0v) is 13.8. The van der Waals surface area contributed by atoms with Gasteiger partial charge in [0.05, 0.1) is 47.3 Å². The van der Waals surface area contributed by atoms with Gasteiger partial charge in [-0.05, 0) is 31.2 Å². The Labute approximate surface area is 144 Å². The molecule has 0 saturated heterocycles. The number of imidazole rings is 1. The van der Waals surface area contributed by atoms with Crippen LogP contribution in [0.1, 0.15) is 23.0 Å². The SMILES string of the molecule is CCOC(=O)c1cc2ccccc2nc1Cn1cnc2ccccc21. The molecule has 124 valence electrons. The van der Waals surface area contributed by atoms with Crippen LogP contribution in [-0.4, -0.2) is 27.1 Å². The highest BCUT2D eigenvalue weighted by Crippen LogP contribution is 2.20. The highest BCUT2D eigenvalue weighted by atomic mass is 16.5. The maximum atomic E-state index is 12.4. The van der Waals surface area contributed by atoms with E-state index < -0.39 is 0 Å². The van der Waals surface area contributed by atoms with Crippen LogP contribution in [0.25, 0.3) is 21.9 Å². The number of carbonyl (C=O) groups excluding carboxylic acids is 1. The zero-order chi connectivity index (χ0) is 17.2. The molecule has 2 aromatic heterocycles. The van der Waals surface area contributed by atoms with Gasteiger partial charge in [-0.25, -0.2) is 9.78 Å². The Hall–Kier alpha value is -3.21. The lowest BCUT2D eigenvalue weighted by molar-refractivity contribution is 0.0524. The van der Waals surface area contributed by atoms with Crippen molar-refractivity contribution in [2.24, 2.45) is 0 Å². The van der Waals surface area contributed by atoms with Crippen LogP contribution in [0.4, 0.5) is 0 Å². The monoisotopic (exact) mass is 331 g/mol. The molecule has 0 atom stereocenters. The molecule has 0 bridgehead atoms. The van der Waals surface area contributed by atoms with Crippen LogP contribution in [0.3, 0.4) is 0 Å². The lowest BCUT2D eigenvalue weighted by Crippen LogP contribution is -2.12. The molecule has 0 aliphatic rings. The highest BCUT2D eigenvalue weighted by Gasteiger charge is 2.16. The van der Waals surface area contributed by atoms with Crippen LogP contribution in [0.15, 0.2) is 60.9 Å². The molecule has 5 nitrogen and oxygen atoms in total. The van der Waals surface area contributed by atoms with E-state index in [-0.39, 0.29) is 5.97 Å². The number of pyridine rings is 1. The van der Waals surface area contributed by atoms with Gasteiger partial charge in [0.15, 0.2) is 0 Å². The van der Waals surface area contributed by atoms with Crippen LogP contribution < -0.4 is 0 Å². The van der Waals surface area contributed by atoms with Crippen molar-refractivity contribution in [2.45, 2.75) is 13.5 Å². The number of ether oxygens (including phenoxy) is 1. The van der Waals surface area contributed by atoms with Gasteiger partial charge < -0.3 is 9.30 Å². The Morgan fingerprint density at radius 2 is 1.84 bits per heavy atom. The van der Waals surface area contributed by atoms with E-state index in [9.17, 15) is 4.79 Å². The lowest BCUT2D eigenvalue weighted by atomic mass is 10.1. The largest absolute Gasteiger partial charge is 0.462 e. The van der Waals surface area contributed by atoms with Crippen LogP contribution in [-0.2, 0) is 11.3 Å². The molecule has 0 radical (unpaired) electrons. The van der Waals surface area contributed by atoms with Crippen molar-refractivity contribution >= 4 is 27.9 Å². The second-order valence-corrected chi connectivity index (χ2v) is 5.76. The molecule has 0 N–H and O–H groups in total. The molecule has 0 aliphatic heterocycles. The zero-order valence-electron chi connectivity index (χ0n) is 13.8. The van der Waals surface area contributed by atoms with Gasteiger partial charge in [0.2, 0.25) is 0 Å². The number of hydrogen-bond acceptors (Lipinski definition) is 4. The maximum absolute atomic E-state index is 12.4. The number of benzene rings is 2. The topological polar surface area (TPSA) is 57.0 Å². The van der Waals surface area contributed by atoms with Gasteiger partial charge in [0.1, 0.15) is 0 Å². The molecule has 0 unspecified atom stereocenters. The number of hydrogen-bond donors (Lipinski definition) is 0. The smallest absolute Gasteiger partial charge is 0.340 e. The first-order valence-corrected chi connectivity index (χ1v) is 8.22. The highest BCUT2D eigenvalue weighted by molar-refractivity contribution is 5.95. The van der Waals surface area contributed by atoms with Crippen molar-refractivity contribution in [2.75, 3.05) is 6.61 Å². The van der Waals surface area contributed by atoms with Crippen molar-refractivity contribution in [3.63, 3.8) is 0 Å². The van der Waals surface area contributed by atoms with Gasteiger partial charge in [0, 0.05) is 5.39 Å². The second-order valence-electron chi connectivity index (χ2n) is 5.76. The normalized spacial score (nSPS) is 11.1. The van der Waals surface area contributed by atoms with Crippen LogP contribution in [0, 0.1) is 0 Å². The summed E-state index contributed by atoms with van der Waals surface area (Å²) in [4.78, 5) is 21.5. The average molecular weight is 331 g/mol. The van der Waals surface area contributed by atoms with Crippen molar-refractivity contribution in [3.8, 4) is 0 Å². The Bertz CT molecular complexity index is 1070. The number of fused-ring (bicyclic) bond motifs is 2. The molecule has 0 spiro atoms. The van der Waals surface area contributed by atoms with Gasteiger partial charge in [-0.2, -0.15) is 0 Å². The van der Waals surface area contributed by atoms with E-state index in [0.29, 0.717) is 24.4 Å². The molecule has 25 heavy (non-hydrogen) atoms. The molecular weight excluding hydrogens is 314 g/mol. The van der Waals surface area contributed by atoms with Gasteiger partial charge >= 0.3 is 5.97 Å². The Morgan fingerprint density at radius 1 is 1.08 bits per heavy atom. The van der Waals surface area contributed by atoms with Crippen molar-refractivity contribution in [3.05, 3.63) is 72.2 Å². The predicted octanol–water partition coefficient (Wildman–Crippen LogP) is 3.81. The molecule has 0 aliphatic carbocycles. The summed E-state index contributed by atoms with van der Waals surface area (Å²) in [5.74, 6) is -0.347. The number of aromatic nitrogens is 3. The third kappa shape index (κ3) is 2.85. The van der Waals surface area contributed by atoms with Crippen LogP contribution in [0.2, 0.25) is 0 Å². The Kier molecular flexibility index (Phi) is 3.90. The Morgan fingerprint density at radius 3 is 2.68 bits per heavy atom. The van der Waals surface area contributed by atoms with E-state index in [4.69, 9.17) is 9.72 Å². The number of rotatable bonds is 4. The van der Waals surface area contributed by atoms with Crippen molar-refractivity contribution in [1.29, 1.82) is 0 Å². The first-order valence-electron chi connectivity index (χ1n) is 8.22. The van der Waals surface area contributed by atoms with E-state index in [1.807, 2.05) is 59.2 Å². The molecule has 0 saturated carbocycles. The fourth-order valence-corrected chi connectivity index (χ4v) is 2.96. The standard InChI is InChI=1S/C20H17N3O2/c1-2-25-20(24)15-11-14-7-3-4-8-16(14)22-18(15)12-23-13-21-17-9-5-6-10-19(17)23/h3-11,13H,2,12H2,1H3. The third-order valence-electron chi connectivity index (χ3n) is 4.15. The Balaban J connectivity index is 1.84. The van der Waals surface area contributed by atoms with Crippen molar-refractivity contribution < 1.29 is 9.53 Å². The number of nitrogens with zero attached hydrogens (tertiary/aromatic N) is 3. The molecule has 4 rings (SSSR count). The molecule has 4 aromatic rings. The van der Waals surface area contributed by atoms with Gasteiger partial charge in [-0.1, -0.05) is 30.3 Å². The molecular formula is C20H17N3O2. The quantitative estimate of drug-likeness (QED) is 0.534. The lowest BCUT2D eigenvalue weighted by Gasteiger charge is -2.11. The molecule has 2 aromatic carbocycles. The molecule has 5 heteroatoms. The van der Waals surface area contributed by atoms with Gasteiger partial charge in [-0.3, -0.25) is 4.98 Å². The fourth-order valence-electron chi connectivity index (χ4n) is 2.96. The summed E-state index contributed by atoms with van der Waals surface area (Å²) in [7, 11) is 0. The maximum Gasteiger partial charge on any atom is 0.340 e. The summed E-state index contributed by atoms with van der Waals surface area (Å²) in [6, 6.07) is 17.5. The molecule has 2 heterocycles. The van der Waals surface area contributed by atoms with Gasteiger partial charge in [0.25, 0.3) is 0 Å². The van der Waals surface area contributed by atoms with Gasteiger partial charge in [-0.15, -0.1) is 0 Å². The number of esters is 1. The van der Waals surface area contributed by atoms with E-state index in [1.54, 1.807) is 13.3 Å². The summed E-state index contributed by atoms with van der Waals surface area (Å²) in [6.45, 7) is 2.59. The van der Waals surface area contributed by atoms with E-state index >= 15 is 0 Å². The summed E-state index contributed by atoms with van der Waals surface area (Å²) in [5.41, 5.74) is 3.96. The van der Waals surface area contributed by atoms with Crippen LogP contribution >= 0.6 is 0 Å². The average Bonchev–Trinajstić information content (AvgIpc) is 3.04. The molecule has 0 fully saturated rings. The van der Waals surface area contributed by atoms with E-state index in [0.717, 1.165) is 21.9 Å². The number of para-hydroxylation sites is 3. The second kappa shape index (κ2) is 6.36. The third-order valence-corrected chi connectivity index (χ3v) is 4.15. The predicted molar refractivity (Wildman–Crippen MR) is 96.5 cm³/mol. The van der Waals surface area contributed by atoms with Crippen LogP contribution in [0.5, 0.6) is 0 Å². The summed E-state index contributed by atoms with van der Waals surface area (Å²) >= 11 is 0. The first-order chi connectivity index (χ1) is 12.3.